The first-order valence-electron chi connectivity index (χ1n) is 9.22. The number of hydrogen-bond acceptors (Lipinski definition) is 3. The van der Waals surface area contributed by atoms with Gasteiger partial charge in [-0.15, -0.1) is 0 Å². The first-order valence-corrected chi connectivity index (χ1v) is 9.22. The lowest BCUT2D eigenvalue weighted by Crippen LogP contribution is -2.51. The average Bonchev–Trinajstić information content (AvgIpc) is 2.69. The predicted molar refractivity (Wildman–Crippen MR) is 103 cm³/mol. The monoisotopic (exact) mass is 426 g/mol. The minimum absolute atomic E-state index is 0.197. The Labute approximate surface area is 171 Å². The van der Waals surface area contributed by atoms with Gasteiger partial charge in [-0.1, -0.05) is 6.92 Å². The van der Waals surface area contributed by atoms with Crippen LogP contribution in [0.1, 0.15) is 27.2 Å². The van der Waals surface area contributed by atoms with Gasteiger partial charge in [-0.05, 0) is 56.7 Å². The van der Waals surface area contributed by atoms with Crippen LogP contribution in [-0.4, -0.2) is 35.4 Å². The largest absolute Gasteiger partial charge is 0.478 e. The molecule has 9 heteroatoms. The summed E-state index contributed by atoms with van der Waals surface area (Å²) in [4.78, 5) is 26.5. The van der Waals surface area contributed by atoms with Crippen LogP contribution in [0.5, 0.6) is 5.75 Å². The molecule has 0 spiro atoms. The Morgan fingerprint density at radius 1 is 1.00 bits per heavy atom. The van der Waals surface area contributed by atoms with E-state index in [1.54, 1.807) is 6.92 Å². The van der Waals surface area contributed by atoms with Crippen molar-refractivity contribution in [3.63, 3.8) is 0 Å². The molecular weight excluding hydrogens is 404 g/mol. The highest BCUT2D eigenvalue weighted by atomic mass is 19.2. The highest BCUT2D eigenvalue weighted by Crippen LogP contribution is 2.22. The van der Waals surface area contributed by atoms with E-state index in [4.69, 9.17) is 4.74 Å². The Hall–Kier alpha value is -3.10. The zero-order valence-corrected chi connectivity index (χ0v) is 16.8. The van der Waals surface area contributed by atoms with Crippen molar-refractivity contribution in [2.75, 3.05) is 18.4 Å². The van der Waals surface area contributed by atoms with Gasteiger partial charge in [0.2, 0.25) is 5.91 Å². The molecule has 2 amide bonds. The van der Waals surface area contributed by atoms with Crippen LogP contribution in [-0.2, 0) is 9.59 Å². The second-order valence-electron chi connectivity index (χ2n) is 7.06. The Balaban J connectivity index is 2.11. The van der Waals surface area contributed by atoms with E-state index >= 15 is 0 Å². The molecule has 5 nitrogen and oxygen atoms in total. The number of ether oxygens (including phenoxy) is 1. The minimum Gasteiger partial charge on any atom is -0.478 e. The van der Waals surface area contributed by atoms with Crippen LogP contribution in [0.2, 0.25) is 0 Å². The normalized spacial score (nSPS) is 11.2. The number of anilines is 1. The summed E-state index contributed by atoms with van der Waals surface area (Å²) in [6.45, 7) is 4.52. The summed E-state index contributed by atoms with van der Waals surface area (Å²) in [6.07, 6.45) is 0.519. The quantitative estimate of drug-likeness (QED) is 0.507. The minimum atomic E-state index is -1.71. The lowest BCUT2D eigenvalue weighted by atomic mass is 10.1. The van der Waals surface area contributed by atoms with E-state index in [0.717, 1.165) is 6.07 Å². The molecule has 0 aliphatic rings. The summed E-state index contributed by atoms with van der Waals surface area (Å²) in [5.74, 6) is -6.14. The van der Waals surface area contributed by atoms with Gasteiger partial charge in [0.05, 0.1) is 12.2 Å². The molecule has 30 heavy (non-hydrogen) atoms. The van der Waals surface area contributed by atoms with Crippen LogP contribution < -0.4 is 10.1 Å². The highest BCUT2D eigenvalue weighted by molar-refractivity contribution is 5.96. The molecule has 0 heterocycles. The third-order valence-corrected chi connectivity index (χ3v) is 4.13. The van der Waals surface area contributed by atoms with Crippen LogP contribution in [0.15, 0.2) is 36.4 Å². The van der Waals surface area contributed by atoms with Crippen LogP contribution in [0, 0.1) is 23.3 Å². The number of halogens is 4. The molecule has 0 fully saturated rings. The molecule has 1 N–H and O–H groups in total. The fourth-order valence-corrected chi connectivity index (χ4v) is 2.73. The van der Waals surface area contributed by atoms with Crippen molar-refractivity contribution in [1.82, 2.24) is 4.90 Å². The van der Waals surface area contributed by atoms with Crippen LogP contribution in [0.25, 0.3) is 0 Å². The summed E-state index contributed by atoms with van der Waals surface area (Å²) in [5, 5.41) is 2.13. The lowest BCUT2D eigenvalue weighted by molar-refractivity contribution is -0.147. The Kier molecular flexibility index (Phi) is 7.42. The second kappa shape index (κ2) is 9.60. The maximum absolute atomic E-state index is 13.8. The smallest absolute Gasteiger partial charge is 0.266 e. The number of carbonyl (C=O) groups is 2. The fraction of sp³-hybridized carbons (Fsp3) is 0.333. The third kappa shape index (κ3) is 5.71. The molecule has 2 aromatic rings. The van der Waals surface area contributed by atoms with Gasteiger partial charge in [-0.25, -0.2) is 17.6 Å². The molecule has 2 aromatic carbocycles. The molecule has 0 bridgehead atoms. The topological polar surface area (TPSA) is 58.6 Å². The maximum atomic E-state index is 13.8. The van der Waals surface area contributed by atoms with Crippen molar-refractivity contribution in [3.8, 4) is 5.75 Å². The van der Waals surface area contributed by atoms with Gasteiger partial charge >= 0.3 is 0 Å². The summed E-state index contributed by atoms with van der Waals surface area (Å²) >= 11 is 0. The van der Waals surface area contributed by atoms with E-state index in [2.05, 4.69) is 5.32 Å². The van der Waals surface area contributed by atoms with Crippen molar-refractivity contribution in [2.24, 2.45) is 0 Å². The molecular formula is C21H22F4N2O3. The Morgan fingerprint density at radius 2 is 1.63 bits per heavy atom. The zero-order chi connectivity index (χ0) is 22.5. The summed E-state index contributed by atoms with van der Waals surface area (Å²) in [6, 6.07) is 6.68. The van der Waals surface area contributed by atoms with Crippen molar-refractivity contribution in [3.05, 3.63) is 59.7 Å². The lowest BCUT2D eigenvalue weighted by Gasteiger charge is -2.32. The van der Waals surface area contributed by atoms with Gasteiger partial charge in [0, 0.05) is 6.54 Å². The maximum Gasteiger partial charge on any atom is 0.266 e. The molecule has 2 rings (SSSR count). The second-order valence-corrected chi connectivity index (χ2v) is 7.06. The molecule has 0 aliphatic carbocycles. The summed E-state index contributed by atoms with van der Waals surface area (Å²) < 4.78 is 58.8. The number of nitrogens with zero attached hydrogens (tertiary/aromatic N) is 1. The molecule has 0 saturated heterocycles. The Bertz CT molecular complexity index is 917. The van der Waals surface area contributed by atoms with E-state index in [9.17, 15) is 27.2 Å². The molecule has 0 aliphatic heterocycles. The number of benzene rings is 2. The van der Waals surface area contributed by atoms with Crippen molar-refractivity contribution >= 4 is 17.5 Å². The van der Waals surface area contributed by atoms with Crippen LogP contribution in [0.4, 0.5) is 23.2 Å². The number of amides is 2. The number of carbonyl (C=O) groups excluding carboxylic acids is 2. The SMILES string of the molecule is CCCN(CC(=O)Nc1ccc(F)c(F)c1F)C(=O)C(C)(C)Oc1ccc(F)cc1. The van der Waals surface area contributed by atoms with E-state index in [-0.39, 0.29) is 12.3 Å². The number of rotatable bonds is 8. The van der Waals surface area contributed by atoms with Crippen molar-refractivity contribution in [2.45, 2.75) is 32.8 Å². The summed E-state index contributed by atoms with van der Waals surface area (Å²) in [7, 11) is 0. The third-order valence-electron chi connectivity index (χ3n) is 4.13. The van der Waals surface area contributed by atoms with E-state index in [1.165, 1.54) is 43.0 Å². The summed E-state index contributed by atoms with van der Waals surface area (Å²) in [5.41, 5.74) is -1.93. The first kappa shape index (κ1) is 23.2. The molecule has 0 aromatic heterocycles. The van der Waals surface area contributed by atoms with Gasteiger partial charge in [-0.2, -0.15) is 0 Å². The number of hydrogen-bond donors (Lipinski definition) is 1. The van der Waals surface area contributed by atoms with E-state index in [0.29, 0.717) is 12.5 Å². The van der Waals surface area contributed by atoms with E-state index in [1.807, 2.05) is 0 Å². The van der Waals surface area contributed by atoms with Crippen LogP contribution in [0.3, 0.4) is 0 Å². The number of nitrogens with one attached hydrogen (secondary N) is 1. The standard InChI is InChI=1S/C21H22F4N2O3/c1-4-11-27(12-17(28)26-16-10-9-15(23)18(24)19(16)25)20(29)21(2,3)30-14-7-5-13(22)6-8-14/h5-10H,4,11-12H2,1-3H3,(H,26,28). The Morgan fingerprint density at radius 3 is 2.23 bits per heavy atom. The zero-order valence-electron chi connectivity index (χ0n) is 16.8. The highest BCUT2D eigenvalue weighted by Gasteiger charge is 2.35. The average molecular weight is 426 g/mol. The van der Waals surface area contributed by atoms with E-state index < -0.39 is 52.9 Å². The molecule has 0 saturated carbocycles. The van der Waals surface area contributed by atoms with Gasteiger partial charge < -0.3 is 15.0 Å². The van der Waals surface area contributed by atoms with Gasteiger partial charge in [0.1, 0.15) is 11.6 Å². The van der Waals surface area contributed by atoms with Gasteiger partial charge in [0.15, 0.2) is 23.1 Å². The predicted octanol–water partition coefficient (Wildman–Crippen LogP) is 4.28. The molecule has 0 atom stereocenters. The van der Waals surface area contributed by atoms with Gasteiger partial charge in [0.25, 0.3) is 5.91 Å². The van der Waals surface area contributed by atoms with Crippen molar-refractivity contribution in [1.29, 1.82) is 0 Å². The molecule has 0 unspecified atom stereocenters. The molecule has 162 valence electrons. The fourth-order valence-electron chi connectivity index (χ4n) is 2.73. The first-order chi connectivity index (χ1) is 14.0. The van der Waals surface area contributed by atoms with Crippen LogP contribution >= 0.6 is 0 Å². The van der Waals surface area contributed by atoms with Crippen molar-refractivity contribution < 1.29 is 31.9 Å². The molecule has 0 radical (unpaired) electrons. The van der Waals surface area contributed by atoms with Gasteiger partial charge in [-0.3, -0.25) is 9.59 Å².